The maximum Gasteiger partial charge on any atom is 0.191 e. The van der Waals surface area contributed by atoms with Gasteiger partial charge in [0.1, 0.15) is 5.82 Å². The molecular weight excluding hydrogens is 316 g/mol. The van der Waals surface area contributed by atoms with Crippen molar-refractivity contribution in [2.75, 3.05) is 6.54 Å². The zero-order valence-corrected chi connectivity index (χ0v) is 16.2. The first-order valence-corrected chi connectivity index (χ1v) is 8.80. The first-order valence-electron chi connectivity index (χ1n) is 8.80. The Hall–Kier alpha value is -2.38. The number of aryl methyl sites for hydroxylation is 3. The Labute approximate surface area is 149 Å². The topological polar surface area (TPSA) is 84.9 Å². The molecule has 8 nitrogen and oxygen atoms in total. The molecule has 138 valence electrons. The third kappa shape index (κ3) is 4.80. The summed E-state index contributed by atoms with van der Waals surface area (Å²) in [5, 5.41) is 19.5. The molecule has 0 aliphatic rings. The van der Waals surface area contributed by atoms with Gasteiger partial charge in [-0.1, -0.05) is 13.3 Å². The van der Waals surface area contributed by atoms with E-state index in [1.807, 2.05) is 37.2 Å². The van der Waals surface area contributed by atoms with E-state index >= 15 is 0 Å². The second kappa shape index (κ2) is 8.64. The van der Waals surface area contributed by atoms with Crippen molar-refractivity contribution in [1.29, 1.82) is 0 Å². The molecular formula is C17H30N8. The lowest BCUT2D eigenvalue weighted by atomic mass is 10.2. The van der Waals surface area contributed by atoms with E-state index in [0.717, 1.165) is 48.4 Å². The summed E-state index contributed by atoms with van der Waals surface area (Å²) in [5.74, 6) is 2.57. The number of hydrogen-bond acceptors (Lipinski definition) is 4. The third-order valence-electron chi connectivity index (χ3n) is 4.47. The molecule has 0 aliphatic heterocycles. The van der Waals surface area contributed by atoms with Crippen LogP contribution in [0.2, 0.25) is 0 Å². The average molecular weight is 346 g/mol. The number of aromatic nitrogens is 5. The molecule has 2 aromatic rings. The van der Waals surface area contributed by atoms with Gasteiger partial charge in [-0.25, -0.2) is 4.99 Å². The highest BCUT2D eigenvalue weighted by Crippen LogP contribution is 2.12. The van der Waals surface area contributed by atoms with Gasteiger partial charge < -0.3 is 15.2 Å². The van der Waals surface area contributed by atoms with Crippen molar-refractivity contribution in [1.82, 2.24) is 35.2 Å². The Morgan fingerprint density at radius 3 is 2.44 bits per heavy atom. The first kappa shape index (κ1) is 19.0. The largest absolute Gasteiger partial charge is 0.356 e. The number of nitrogens with one attached hydrogen (secondary N) is 2. The van der Waals surface area contributed by atoms with Crippen LogP contribution in [0.5, 0.6) is 0 Å². The van der Waals surface area contributed by atoms with Gasteiger partial charge in [-0.15, -0.1) is 10.2 Å². The van der Waals surface area contributed by atoms with Gasteiger partial charge in [-0.05, 0) is 27.2 Å². The molecule has 2 heterocycles. The summed E-state index contributed by atoms with van der Waals surface area (Å²) < 4.78 is 3.88. The van der Waals surface area contributed by atoms with Gasteiger partial charge >= 0.3 is 0 Å². The Bertz CT molecular complexity index is 725. The van der Waals surface area contributed by atoms with Crippen molar-refractivity contribution in [3.05, 3.63) is 28.6 Å². The number of nitrogens with zero attached hydrogens (tertiary/aromatic N) is 6. The molecule has 0 saturated heterocycles. The number of unbranched alkanes of at least 4 members (excludes halogenated alkanes) is 1. The zero-order chi connectivity index (χ0) is 18.4. The van der Waals surface area contributed by atoms with Gasteiger partial charge in [0.15, 0.2) is 11.8 Å². The van der Waals surface area contributed by atoms with Crippen LogP contribution in [0.4, 0.5) is 0 Å². The van der Waals surface area contributed by atoms with Gasteiger partial charge in [0.2, 0.25) is 0 Å². The lowest BCUT2D eigenvalue weighted by Crippen LogP contribution is -2.38. The van der Waals surface area contributed by atoms with Crippen molar-refractivity contribution in [3.63, 3.8) is 0 Å². The summed E-state index contributed by atoms with van der Waals surface area (Å²) in [6, 6.07) is 0. The van der Waals surface area contributed by atoms with Crippen LogP contribution >= 0.6 is 0 Å². The summed E-state index contributed by atoms with van der Waals surface area (Å²) >= 11 is 0. The number of hydrogen-bond donors (Lipinski definition) is 2. The van der Waals surface area contributed by atoms with Crippen LogP contribution in [0.15, 0.2) is 4.99 Å². The van der Waals surface area contributed by atoms with Crippen LogP contribution in [-0.4, -0.2) is 37.0 Å². The van der Waals surface area contributed by atoms with Crippen LogP contribution in [0.25, 0.3) is 0 Å². The highest BCUT2D eigenvalue weighted by molar-refractivity contribution is 5.79. The van der Waals surface area contributed by atoms with Crippen molar-refractivity contribution < 1.29 is 0 Å². The van der Waals surface area contributed by atoms with E-state index in [4.69, 9.17) is 4.99 Å². The van der Waals surface area contributed by atoms with E-state index in [1.54, 1.807) is 0 Å². The van der Waals surface area contributed by atoms with Crippen LogP contribution < -0.4 is 10.6 Å². The summed E-state index contributed by atoms with van der Waals surface area (Å²) in [6.45, 7) is 10.3. The minimum atomic E-state index is 0.584. The summed E-state index contributed by atoms with van der Waals surface area (Å²) in [5.41, 5.74) is 3.35. The second-order valence-corrected chi connectivity index (χ2v) is 6.29. The standard InChI is InChI=1S/C17H30N8/c1-7-8-9-18-17(20-11-16-22-21-14(4)24(16)5)19-10-15-12(2)23-25(6)13(15)3/h7-11H2,1-6H3,(H2,18,19,20). The monoisotopic (exact) mass is 346 g/mol. The molecule has 0 aliphatic carbocycles. The molecule has 0 spiro atoms. The van der Waals surface area contributed by atoms with Crippen LogP contribution in [0.3, 0.4) is 0 Å². The SMILES string of the molecule is CCCCNC(=NCc1c(C)nn(C)c1C)NCc1nnc(C)n1C. The van der Waals surface area contributed by atoms with E-state index < -0.39 is 0 Å². The number of guanidine groups is 1. The fourth-order valence-corrected chi connectivity index (χ4v) is 2.53. The maximum absolute atomic E-state index is 4.74. The molecule has 0 unspecified atom stereocenters. The van der Waals surface area contributed by atoms with Crippen molar-refractivity contribution in [2.45, 2.75) is 53.6 Å². The minimum Gasteiger partial charge on any atom is -0.356 e. The van der Waals surface area contributed by atoms with E-state index in [1.165, 1.54) is 5.56 Å². The quantitative estimate of drug-likeness (QED) is 0.451. The summed E-state index contributed by atoms with van der Waals surface area (Å²) in [6.07, 6.45) is 2.25. The number of rotatable bonds is 7. The van der Waals surface area contributed by atoms with E-state index in [2.05, 4.69) is 39.8 Å². The molecule has 0 amide bonds. The van der Waals surface area contributed by atoms with E-state index in [-0.39, 0.29) is 0 Å². The minimum absolute atomic E-state index is 0.584. The normalized spacial score (nSPS) is 11.8. The molecule has 2 aromatic heterocycles. The van der Waals surface area contributed by atoms with Crippen molar-refractivity contribution in [3.8, 4) is 0 Å². The molecule has 25 heavy (non-hydrogen) atoms. The Kier molecular flexibility index (Phi) is 6.55. The van der Waals surface area contributed by atoms with Gasteiger partial charge in [-0.3, -0.25) is 4.68 Å². The molecule has 0 fully saturated rings. The molecule has 0 atom stereocenters. The second-order valence-electron chi connectivity index (χ2n) is 6.29. The van der Waals surface area contributed by atoms with Crippen LogP contribution in [0.1, 0.15) is 48.4 Å². The van der Waals surface area contributed by atoms with Gasteiger partial charge in [0, 0.05) is 31.9 Å². The van der Waals surface area contributed by atoms with E-state index in [9.17, 15) is 0 Å². The maximum atomic E-state index is 4.74. The van der Waals surface area contributed by atoms with E-state index in [0.29, 0.717) is 13.1 Å². The van der Waals surface area contributed by atoms with Gasteiger partial charge in [-0.2, -0.15) is 5.10 Å². The lowest BCUT2D eigenvalue weighted by Gasteiger charge is -2.12. The molecule has 0 bridgehead atoms. The third-order valence-corrected chi connectivity index (χ3v) is 4.47. The van der Waals surface area contributed by atoms with Gasteiger partial charge in [0.25, 0.3) is 0 Å². The Balaban J connectivity index is 2.07. The zero-order valence-electron chi connectivity index (χ0n) is 16.2. The molecule has 2 rings (SSSR count). The number of aliphatic imine (C=N–C) groups is 1. The van der Waals surface area contributed by atoms with Crippen LogP contribution in [-0.2, 0) is 27.2 Å². The van der Waals surface area contributed by atoms with Crippen molar-refractivity contribution in [2.24, 2.45) is 19.1 Å². The van der Waals surface area contributed by atoms with Gasteiger partial charge in [0.05, 0.1) is 18.8 Å². The predicted octanol–water partition coefficient (Wildman–Crippen LogP) is 1.51. The fraction of sp³-hybridized carbons (Fsp3) is 0.647. The smallest absolute Gasteiger partial charge is 0.191 e. The highest BCUT2D eigenvalue weighted by atomic mass is 15.3. The van der Waals surface area contributed by atoms with Crippen LogP contribution in [0, 0.1) is 20.8 Å². The molecule has 8 heteroatoms. The molecule has 0 saturated carbocycles. The summed E-state index contributed by atoms with van der Waals surface area (Å²) in [4.78, 5) is 4.74. The molecule has 0 radical (unpaired) electrons. The molecule has 2 N–H and O–H groups in total. The lowest BCUT2D eigenvalue weighted by molar-refractivity contribution is 0.695. The molecule has 0 aromatic carbocycles. The average Bonchev–Trinajstić information content (AvgIpc) is 3.02. The van der Waals surface area contributed by atoms with Crippen molar-refractivity contribution >= 4 is 5.96 Å². The highest BCUT2D eigenvalue weighted by Gasteiger charge is 2.10. The summed E-state index contributed by atoms with van der Waals surface area (Å²) in [7, 11) is 3.93. The fourth-order valence-electron chi connectivity index (χ4n) is 2.53. The Morgan fingerprint density at radius 1 is 1.12 bits per heavy atom. The predicted molar refractivity (Wildman–Crippen MR) is 99.3 cm³/mol. The first-order chi connectivity index (χ1) is 11.9. The Morgan fingerprint density at radius 2 is 1.88 bits per heavy atom.